The van der Waals surface area contributed by atoms with Gasteiger partial charge in [-0.1, -0.05) is 58.9 Å². The molecule has 2 aliphatic rings. The molecule has 2 aliphatic carbocycles. The molecule has 1 N–H and O–H groups in total. The van der Waals surface area contributed by atoms with Gasteiger partial charge in [0.1, 0.15) is 0 Å². The fraction of sp³-hybridized carbons (Fsp3) is 0.538. The molecule has 2 nitrogen and oxygen atoms in total. The van der Waals surface area contributed by atoms with E-state index < -0.39 is 0 Å². The number of likely N-dealkylation sites (N-methyl/N-ethyl adjacent to an activating group) is 1. The molecule has 1 aromatic carbocycles. The largest absolute Gasteiger partial charge is 0.661 e. The second-order valence-corrected chi connectivity index (χ2v) is 10.9. The lowest BCUT2D eigenvalue weighted by atomic mass is 9.50. The number of aromatic nitrogens is 1. The van der Waals surface area contributed by atoms with E-state index in [0.29, 0.717) is 11.8 Å². The minimum absolute atomic E-state index is 0.0183. The van der Waals surface area contributed by atoms with Crippen molar-refractivity contribution in [3.05, 3.63) is 65.6 Å². The van der Waals surface area contributed by atoms with Crippen molar-refractivity contribution in [3.63, 3.8) is 0 Å². The molecule has 1 aromatic heterocycles. The summed E-state index contributed by atoms with van der Waals surface area (Å²) in [5.74, 6) is 0.714. The zero-order chi connectivity index (χ0) is 21.4. The molecular formula is C26H34ClN2-. The van der Waals surface area contributed by atoms with Gasteiger partial charge in [0.15, 0.2) is 0 Å². The first-order valence-electron chi connectivity index (χ1n) is 10.7. The van der Waals surface area contributed by atoms with Crippen molar-refractivity contribution in [2.75, 3.05) is 7.05 Å². The fourth-order valence-corrected chi connectivity index (χ4v) is 6.57. The van der Waals surface area contributed by atoms with Crippen molar-refractivity contribution in [2.45, 2.75) is 69.2 Å². The average Bonchev–Trinajstić information content (AvgIpc) is 3.08. The fourth-order valence-electron chi connectivity index (χ4n) is 6.16. The van der Waals surface area contributed by atoms with Crippen LogP contribution in [-0.2, 0) is 10.8 Å². The molecule has 3 heteroatoms. The SMILES string of the molecule is C=CC(C)(C)c1[nH]c2cccc3c2c1[C@H]1[C@@H]([N-]C)[C@@](C)(C=C)[C@H](Cl)C[C@@H]1C3(C)C. The molecule has 0 unspecified atom stereocenters. The topological polar surface area (TPSA) is 29.9 Å². The van der Waals surface area contributed by atoms with Gasteiger partial charge in [-0.25, -0.2) is 0 Å². The minimum atomic E-state index is -0.237. The Morgan fingerprint density at radius 2 is 1.93 bits per heavy atom. The molecule has 2 aromatic rings. The zero-order valence-electron chi connectivity index (χ0n) is 18.6. The minimum Gasteiger partial charge on any atom is -0.661 e. The van der Waals surface area contributed by atoms with Crippen LogP contribution in [0.15, 0.2) is 43.5 Å². The van der Waals surface area contributed by atoms with Gasteiger partial charge in [0, 0.05) is 27.4 Å². The molecule has 0 radical (unpaired) electrons. The second kappa shape index (κ2) is 6.49. The lowest BCUT2D eigenvalue weighted by molar-refractivity contribution is 0.119. The first kappa shape index (κ1) is 20.8. The number of aromatic amines is 1. The van der Waals surface area contributed by atoms with E-state index in [2.05, 4.69) is 77.0 Å². The van der Waals surface area contributed by atoms with Crippen LogP contribution in [0.25, 0.3) is 16.2 Å². The third-order valence-corrected chi connectivity index (χ3v) is 8.89. The van der Waals surface area contributed by atoms with Gasteiger partial charge in [-0.15, -0.1) is 30.8 Å². The van der Waals surface area contributed by atoms with E-state index in [-0.39, 0.29) is 27.7 Å². The molecule has 1 heterocycles. The number of rotatable bonds is 4. The van der Waals surface area contributed by atoms with Crippen LogP contribution in [0.3, 0.4) is 0 Å². The van der Waals surface area contributed by atoms with E-state index in [4.69, 9.17) is 16.9 Å². The molecule has 0 amide bonds. The summed E-state index contributed by atoms with van der Waals surface area (Å²) in [5, 5.41) is 6.37. The number of hydrogen-bond acceptors (Lipinski definition) is 0. The van der Waals surface area contributed by atoms with E-state index in [1.807, 2.05) is 13.1 Å². The molecule has 29 heavy (non-hydrogen) atoms. The van der Waals surface area contributed by atoms with Gasteiger partial charge >= 0.3 is 0 Å². The van der Waals surface area contributed by atoms with Gasteiger partial charge in [0.2, 0.25) is 0 Å². The van der Waals surface area contributed by atoms with Gasteiger partial charge in [-0.3, -0.25) is 0 Å². The highest BCUT2D eigenvalue weighted by molar-refractivity contribution is 6.21. The number of allylic oxidation sites excluding steroid dienone is 1. The molecule has 0 bridgehead atoms. The number of alkyl halides is 1. The van der Waals surface area contributed by atoms with Crippen molar-refractivity contribution in [2.24, 2.45) is 11.3 Å². The Labute approximate surface area is 180 Å². The maximum absolute atomic E-state index is 7.05. The molecule has 1 fully saturated rings. The zero-order valence-corrected chi connectivity index (χ0v) is 19.4. The molecule has 0 aliphatic heterocycles. The quantitative estimate of drug-likeness (QED) is 0.408. The molecule has 4 rings (SSSR count). The normalized spacial score (nSPS) is 33.3. The Hall–Kier alpha value is -1.51. The smallest absolute Gasteiger partial charge is 0.0462 e. The van der Waals surface area contributed by atoms with Crippen LogP contribution in [0, 0.1) is 11.3 Å². The summed E-state index contributed by atoms with van der Waals surface area (Å²) in [6.45, 7) is 19.8. The predicted octanol–water partition coefficient (Wildman–Crippen LogP) is 7.20. The van der Waals surface area contributed by atoms with Gasteiger partial charge in [0.05, 0.1) is 0 Å². The molecule has 5 atom stereocenters. The van der Waals surface area contributed by atoms with Gasteiger partial charge in [-0.2, -0.15) is 7.05 Å². The van der Waals surface area contributed by atoms with E-state index in [9.17, 15) is 0 Å². The van der Waals surface area contributed by atoms with Crippen LogP contribution in [0.4, 0.5) is 0 Å². The number of hydrogen-bond donors (Lipinski definition) is 1. The Balaban J connectivity index is 2.12. The summed E-state index contributed by atoms with van der Waals surface area (Å²) in [7, 11) is 1.95. The van der Waals surface area contributed by atoms with Crippen LogP contribution in [0.1, 0.15) is 63.8 Å². The van der Waals surface area contributed by atoms with Crippen molar-refractivity contribution >= 4 is 22.5 Å². The summed E-state index contributed by atoms with van der Waals surface area (Å²) in [4.78, 5) is 3.79. The lowest BCUT2D eigenvalue weighted by Gasteiger charge is -2.62. The second-order valence-electron chi connectivity index (χ2n) is 10.4. The van der Waals surface area contributed by atoms with Crippen molar-refractivity contribution in [3.8, 4) is 0 Å². The average molecular weight is 410 g/mol. The van der Waals surface area contributed by atoms with Crippen molar-refractivity contribution in [1.82, 2.24) is 4.98 Å². The summed E-state index contributed by atoms with van der Waals surface area (Å²) >= 11 is 7.05. The molecule has 1 saturated carbocycles. The van der Waals surface area contributed by atoms with Gasteiger partial charge < -0.3 is 10.3 Å². The Bertz CT molecular complexity index is 982. The highest BCUT2D eigenvalue weighted by atomic mass is 35.5. The number of H-pyrrole nitrogens is 1. The third-order valence-electron chi connectivity index (χ3n) is 8.24. The maximum Gasteiger partial charge on any atom is 0.0462 e. The number of fused-ring (bicyclic) bond motifs is 2. The first-order valence-corrected chi connectivity index (χ1v) is 11.1. The van der Waals surface area contributed by atoms with Gasteiger partial charge in [0.25, 0.3) is 0 Å². The van der Waals surface area contributed by atoms with Crippen LogP contribution in [-0.4, -0.2) is 23.5 Å². The highest BCUT2D eigenvalue weighted by Crippen LogP contribution is 2.62. The summed E-state index contributed by atoms with van der Waals surface area (Å²) in [6, 6.07) is 6.79. The molecular weight excluding hydrogens is 376 g/mol. The Morgan fingerprint density at radius 1 is 1.24 bits per heavy atom. The highest BCUT2D eigenvalue weighted by Gasteiger charge is 2.54. The number of nitrogens with one attached hydrogen (secondary N) is 1. The molecule has 0 spiro atoms. The first-order chi connectivity index (χ1) is 13.5. The Kier molecular flexibility index (Phi) is 4.65. The summed E-state index contributed by atoms with van der Waals surface area (Å²) in [5.41, 5.74) is 4.97. The van der Waals surface area contributed by atoms with E-state index in [1.54, 1.807) is 0 Å². The number of nitrogens with zero attached hydrogens (tertiary/aromatic N) is 1. The summed E-state index contributed by atoms with van der Waals surface area (Å²) in [6.07, 6.45) is 5.07. The van der Waals surface area contributed by atoms with E-state index >= 15 is 0 Å². The molecule has 0 saturated heterocycles. The van der Waals surface area contributed by atoms with Gasteiger partial charge in [-0.05, 0) is 46.3 Å². The van der Waals surface area contributed by atoms with Crippen LogP contribution in [0.5, 0.6) is 0 Å². The number of benzene rings is 1. The third kappa shape index (κ3) is 2.58. The molecule has 156 valence electrons. The monoisotopic (exact) mass is 409 g/mol. The maximum atomic E-state index is 7.05. The lowest BCUT2D eigenvalue weighted by Crippen LogP contribution is -2.55. The Morgan fingerprint density at radius 3 is 2.52 bits per heavy atom. The van der Waals surface area contributed by atoms with E-state index in [1.165, 1.54) is 27.7 Å². The number of halogens is 1. The van der Waals surface area contributed by atoms with Crippen LogP contribution in [0.2, 0.25) is 0 Å². The standard InChI is InChI=1S/C26H34ClN2/c1-9-24(3,4)22-21-19-15(12-11-13-17(19)29-22)25(5,6)16-14-18(27)26(7,10-2)23(28-8)20(16)21/h9-13,16,18,20,23,29H,1-2,14H2,3-8H3/q-1/t16-,18+,20-,23+,26-/m0/s1. The van der Waals surface area contributed by atoms with Crippen molar-refractivity contribution < 1.29 is 0 Å². The van der Waals surface area contributed by atoms with Crippen molar-refractivity contribution in [1.29, 1.82) is 0 Å². The predicted molar refractivity (Wildman–Crippen MR) is 126 cm³/mol. The van der Waals surface area contributed by atoms with Crippen LogP contribution >= 0.6 is 11.6 Å². The van der Waals surface area contributed by atoms with Crippen LogP contribution < -0.4 is 0 Å². The summed E-state index contributed by atoms with van der Waals surface area (Å²) < 4.78 is 0. The van der Waals surface area contributed by atoms with E-state index in [0.717, 1.165) is 6.42 Å².